The summed E-state index contributed by atoms with van der Waals surface area (Å²) >= 11 is 0. The molecule has 0 unspecified atom stereocenters. The van der Waals surface area contributed by atoms with Crippen LogP contribution in [0, 0.1) is 5.41 Å². The number of fused-ring (bicyclic) bond motifs is 2. The summed E-state index contributed by atoms with van der Waals surface area (Å²) in [5.74, 6) is 3.02. The third-order valence-electron chi connectivity index (χ3n) is 10.2. The molecule has 1 atom stereocenters. The molecule has 6 aromatic rings. The molecule has 9 rings (SSSR count). The van der Waals surface area contributed by atoms with Gasteiger partial charge in [0.05, 0.1) is 5.56 Å². The fourth-order valence-corrected chi connectivity index (χ4v) is 8.09. The van der Waals surface area contributed by atoms with E-state index in [2.05, 4.69) is 60.2 Å². The van der Waals surface area contributed by atoms with Crippen LogP contribution in [0.15, 0.2) is 91.5 Å². The Morgan fingerprint density at radius 2 is 1.83 bits per heavy atom. The average molecular weight is 609 g/mol. The molecule has 6 heterocycles. The standard InChI is InChI=1S/C36H36N10/c37-33-28(6-3-16-39-33)34-42-30-12-13-32(45-19-5-17-40-45)43-35(30)46(34)26-9-10-27-24(20-26)8-11-29(27)41-25-21-36(22-25)14-4-18-44(23-36)31-7-1-2-15-38-31/h1-3,5-7,9-10,12-13,15-17,19-20,25,29,41H,4,8,11,14,18,21-23H2,(H2,37,39)/t25?,29-,36?/m0/s1. The third kappa shape index (κ3) is 4.63. The van der Waals surface area contributed by atoms with E-state index in [9.17, 15) is 0 Å². The topological polar surface area (TPSA) is 116 Å². The molecule has 10 nitrogen and oxygen atoms in total. The Balaban J connectivity index is 0.993. The summed E-state index contributed by atoms with van der Waals surface area (Å²) in [5, 5.41) is 8.44. The highest BCUT2D eigenvalue weighted by Gasteiger charge is 2.47. The number of rotatable bonds is 6. The van der Waals surface area contributed by atoms with Crippen molar-refractivity contribution in [3.8, 4) is 22.9 Å². The molecule has 10 heteroatoms. The lowest BCUT2D eigenvalue weighted by Gasteiger charge is -2.54. The van der Waals surface area contributed by atoms with Gasteiger partial charge in [0.15, 0.2) is 17.3 Å². The van der Waals surface area contributed by atoms with Gasteiger partial charge in [-0.1, -0.05) is 12.1 Å². The Morgan fingerprint density at radius 1 is 0.891 bits per heavy atom. The van der Waals surface area contributed by atoms with Crippen molar-refractivity contribution in [2.45, 2.75) is 50.6 Å². The maximum absolute atomic E-state index is 6.38. The number of aryl methyl sites for hydroxylation is 1. The van der Waals surface area contributed by atoms with Crippen LogP contribution in [0.4, 0.5) is 11.6 Å². The highest BCUT2D eigenvalue weighted by atomic mass is 15.3. The SMILES string of the molecule is Nc1ncccc1-c1nc2ccc(-n3cccn3)nc2n1-c1ccc2c(c1)CC[C@@H]2NC1CC2(CCCN(c3ccccn3)C2)C1. The van der Waals surface area contributed by atoms with Crippen LogP contribution < -0.4 is 16.0 Å². The molecule has 0 bridgehead atoms. The van der Waals surface area contributed by atoms with Gasteiger partial charge >= 0.3 is 0 Å². The summed E-state index contributed by atoms with van der Waals surface area (Å²) in [4.78, 5) is 21.5. The van der Waals surface area contributed by atoms with Gasteiger partial charge in [-0.05, 0) is 110 Å². The summed E-state index contributed by atoms with van der Waals surface area (Å²) in [6, 6.07) is 23.7. The van der Waals surface area contributed by atoms with Gasteiger partial charge in [-0.3, -0.25) is 4.57 Å². The van der Waals surface area contributed by atoms with Gasteiger partial charge in [0.25, 0.3) is 0 Å². The lowest BCUT2D eigenvalue weighted by Crippen LogP contribution is -2.56. The van der Waals surface area contributed by atoms with E-state index in [4.69, 9.17) is 15.7 Å². The molecule has 1 aromatic carbocycles. The van der Waals surface area contributed by atoms with Gasteiger partial charge in [-0.15, -0.1) is 0 Å². The van der Waals surface area contributed by atoms with E-state index >= 15 is 0 Å². The predicted molar refractivity (Wildman–Crippen MR) is 179 cm³/mol. The number of piperidine rings is 1. The first-order chi connectivity index (χ1) is 22.6. The van der Waals surface area contributed by atoms with Crippen molar-refractivity contribution < 1.29 is 0 Å². The van der Waals surface area contributed by atoms with E-state index < -0.39 is 0 Å². The predicted octanol–water partition coefficient (Wildman–Crippen LogP) is 5.67. The zero-order valence-corrected chi connectivity index (χ0v) is 25.6. The fourth-order valence-electron chi connectivity index (χ4n) is 8.09. The van der Waals surface area contributed by atoms with E-state index in [1.807, 2.05) is 48.8 Å². The summed E-state index contributed by atoms with van der Waals surface area (Å²) < 4.78 is 3.88. The second-order valence-electron chi connectivity index (χ2n) is 13.1. The summed E-state index contributed by atoms with van der Waals surface area (Å²) in [6.45, 7) is 2.22. The quantitative estimate of drug-likeness (QED) is 0.249. The molecule has 2 aliphatic carbocycles. The molecule has 2 fully saturated rings. The zero-order chi connectivity index (χ0) is 30.7. The molecular formula is C36H36N10. The van der Waals surface area contributed by atoms with E-state index in [0.29, 0.717) is 23.3 Å². The summed E-state index contributed by atoms with van der Waals surface area (Å²) in [5.41, 5.74) is 12.9. The van der Waals surface area contributed by atoms with Crippen molar-refractivity contribution in [3.05, 3.63) is 103 Å². The Morgan fingerprint density at radius 3 is 2.67 bits per heavy atom. The monoisotopic (exact) mass is 608 g/mol. The van der Waals surface area contributed by atoms with Crippen molar-refractivity contribution in [2.24, 2.45) is 5.41 Å². The van der Waals surface area contributed by atoms with E-state index in [0.717, 1.165) is 65.8 Å². The van der Waals surface area contributed by atoms with Crippen LogP contribution in [-0.2, 0) is 6.42 Å². The normalized spacial score (nSPS) is 22.3. The molecular weight excluding hydrogens is 572 g/mol. The zero-order valence-electron chi connectivity index (χ0n) is 25.6. The number of hydrogen-bond donors (Lipinski definition) is 2. The molecule has 1 aliphatic heterocycles. The number of anilines is 2. The molecule has 0 amide bonds. The van der Waals surface area contributed by atoms with Gasteiger partial charge in [0.2, 0.25) is 0 Å². The third-order valence-corrected chi connectivity index (χ3v) is 10.2. The van der Waals surface area contributed by atoms with Gasteiger partial charge in [0, 0.05) is 55.6 Å². The largest absolute Gasteiger partial charge is 0.383 e. The smallest absolute Gasteiger partial charge is 0.167 e. The molecule has 1 saturated carbocycles. The van der Waals surface area contributed by atoms with Crippen LogP contribution in [0.25, 0.3) is 34.1 Å². The molecule has 1 saturated heterocycles. The van der Waals surface area contributed by atoms with Crippen LogP contribution >= 0.6 is 0 Å². The number of nitrogens with one attached hydrogen (secondary N) is 1. The number of benzene rings is 1. The van der Waals surface area contributed by atoms with Crippen molar-refractivity contribution in [1.82, 2.24) is 39.6 Å². The van der Waals surface area contributed by atoms with E-state index in [-0.39, 0.29) is 0 Å². The van der Waals surface area contributed by atoms with Crippen LogP contribution in [-0.4, -0.2) is 53.4 Å². The summed E-state index contributed by atoms with van der Waals surface area (Å²) in [6.07, 6.45) is 14.4. The molecule has 230 valence electrons. The van der Waals surface area contributed by atoms with Crippen LogP contribution in [0.5, 0.6) is 0 Å². The molecule has 0 radical (unpaired) electrons. The lowest BCUT2D eigenvalue weighted by molar-refractivity contribution is 0.0569. The summed E-state index contributed by atoms with van der Waals surface area (Å²) in [7, 11) is 0. The first-order valence-electron chi connectivity index (χ1n) is 16.3. The molecule has 46 heavy (non-hydrogen) atoms. The minimum atomic E-state index is 0.374. The molecule has 3 N–H and O–H groups in total. The lowest BCUT2D eigenvalue weighted by atomic mass is 9.61. The molecule has 3 aliphatic rings. The minimum absolute atomic E-state index is 0.374. The maximum Gasteiger partial charge on any atom is 0.167 e. The van der Waals surface area contributed by atoms with Crippen LogP contribution in [0.3, 0.4) is 0 Å². The number of nitrogens with zero attached hydrogens (tertiary/aromatic N) is 8. The van der Waals surface area contributed by atoms with Crippen molar-refractivity contribution >= 4 is 22.8 Å². The van der Waals surface area contributed by atoms with Gasteiger partial charge in [-0.2, -0.15) is 5.10 Å². The number of nitrogen functional groups attached to an aromatic ring is 1. The second kappa shape index (κ2) is 10.8. The van der Waals surface area contributed by atoms with E-state index in [1.165, 1.54) is 36.8 Å². The number of pyridine rings is 3. The highest BCUT2D eigenvalue weighted by molar-refractivity contribution is 5.83. The maximum atomic E-state index is 6.38. The number of imidazole rings is 1. The van der Waals surface area contributed by atoms with Gasteiger partial charge in [-0.25, -0.2) is 24.6 Å². The highest BCUT2D eigenvalue weighted by Crippen LogP contribution is 2.49. The van der Waals surface area contributed by atoms with Gasteiger partial charge < -0.3 is 16.0 Å². The molecule has 5 aromatic heterocycles. The second-order valence-corrected chi connectivity index (χ2v) is 13.1. The number of aromatic nitrogens is 7. The first kappa shape index (κ1) is 27.2. The minimum Gasteiger partial charge on any atom is -0.383 e. The Hall–Kier alpha value is -5.09. The van der Waals surface area contributed by atoms with E-state index in [1.54, 1.807) is 17.1 Å². The number of hydrogen-bond acceptors (Lipinski definition) is 8. The Kier molecular flexibility index (Phi) is 6.38. The van der Waals surface area contributed by atoms with Gasteiger partial charge in [0.1, 0.15) is 17.2 Å². The van der Waals surface area contributed by atoms with Crippen LogP contribution in [0.2, 0.25) is 0 Å². The Labute approximate surface area is 267 Å². The van der Waals surface area contributed by atoms with Crippen molar-refractivity contribution in [3.63, 3.8) is 0 Å². The van der Waals surface area contributed by atoms with Crippen LogP contribution in [0.1, 0.15) is 49.3 Å². The van der Waals surface area contributed by atoms with Crippen molar-refractivity contribution in [2.75, 3.05) is 23.7 Å². The Bertz CT molecular complexity index is 2030. The number of nitrogens with two attached hydrogens (primary N) is 1. The fraction of sp³-hybridized carbons (Fsp3) is 0.306. The first-order valence-corrected chi connectivity index (χ1v) is 16.3. The van der Waals surface area contributed by atoms with Crippen molar-refractivity contribution in [1.29, 1.82) is 0 Å². The average Bonchev–Trinajstić information content (AvgIpc) is 3.84. The molecule has 1 spiro atoms.